The van der Waals surface area contributed by atoms with Crippen molar-refractivity contribution < 1.29 is 4.74 Å². The molecular formula is C15H20N2O. The molecule has 2 unspecified atom stereocenters. The van der Waals surface area contributed by atoms with Crippen LogP contribution < -0.4 is 5.73 Å². The summed E-state index contributed by atoms with van der Waals surface area (Å²) in [5.74, 6) is 0. The van der Waals surface area contributed by atoms with Crippen molar-refractivity contribution in [1.29, 1.82) is 0 Å². The van der Waals surface area contributed by atoms with E-state index >= 15 is 0 Å². The number of pyridine rings is 1. The largest absolute Gasteiger partial charge is 0.377 e. The predicted octanol–water partition coefficient (Wildman–Crippen LogP) is 3.05. The molecule has 0 bridgehead atoms. The number of methoxy groups -OCH3 is 1. The molecule has 0 radical (unpaired) electrons. The van der Waals surface area contributed by atoms with Gasteiger partial charge in [-0.1, -0.05) is 25.1 Å². The molecule has 0 saturated carbocycles. The zero-order valence-corrected chi connectivity index (χ0v) is 11.2. The van der Waals surface area contributed by atoms with Gasteiger partial charge in [0.05, 0.1) is 17.2 Å². The fraction of sp³-hybridized carbons (Fsp3) is 0.400. The van der Waals surface area contributed by atoms with Crippen molar-refractivity contribution in [2.75, 3.05) is 7.11 Å². The summed E-state index contributed by atoms with van der Waals surface area (Å²) in [4.78, 5) is 4.45. The molecule has 3 heteroatoms. The highest BCUT2D eigenvalue weighted by molar-refractivity contribution is 5.78. The lowest BCUT2D eigenvalue weighted by Gasteiger charge is -2.33. The number of rotatable bonds is 4. The average molecular weight is 244 g/mol. The monoisotopic (exact) mass is 244 g/mol. The van der Waals surface area contributed by atoms with Gasteiger partial charge in [-0.05, 0) is 31.0 Å². The van der Waals surface area contributed by atoms with E-state index in [1.807, 2.05) is 31.3 Å². The second-order valence-corrected chi connectivity index (χ2v) is 4.81. The zero-order valence-electron chi connectivity index (χ0n) is 11.2. The molecule has 0 aliphatic heterocycles. The van der Waals surface area contributed by atoms with Crippen LogP contribution in [0, 0.1) is 0 Å². The topological polar surface area (TPSA) is 48.1 Å². The summed E-state index contributed by atoms with van der Waals surface area (Å²) in [6.07, 6.45) is 2.71. The normalized spacial score (nSPS) is 16.4. The third-order valence-corrected chi connectivity index (χ3v) is 3.80. The third kappa shape index (κ3) is 2.24. The summed E-state index contributed by atoms with van der Waals surface area (Å²) < 4.78 is 5.56. The number of hydrogen-bond donors (Lipinski definition) is 1. The summed E-state index contributed by atoms with van der Waals surface area (Å²) >= 11 is 0. The number of para-hydroxylation sites is 1. The van der Waals surface area contributed by atoms with Gasteiger partial charge in [-0.25, -0.2) is 0 Å². The van der Waals surface area contributed by atoms with Gasteiger partial charge in [-0.15, -0.1) is 0 Å². The zero-order chi connectivity index (χ0) is 13.2. The fourth-order valence-electron chi connectivity index (χ4n) is 2.10. The first kappa shape index (κ1) is 13.0. The Morgan fingerprint density at radius 3 is 2.78 bits per heavy atom. The first-order chi connectivity index (χ1) is 8.60. The Morgan fingerprint density at radius 1 is 1.39 bits per heavy atom. The lowest BCUT2D eigenvalue weighted by atomic mass is 9.89. The quantitative estimate of drug-likeness (QED) is 0.899. The highest BCUT2D eigenvalue weighted by atomic mass is 16.5. The van der Waals surface area contributed by atoms with Gasteiger partial charge < -0.3 is 10.5 Å². The second kappa shape index (κ2) is 5.04. The fourth-order valence-corrected chi connectivity index (χ4v) is 2.10. The molecule has 1 heterocycles. The van der Waals surface area contributed by atoms with Gasteiger partial charge in [-0.2, -0.15) is 0 Å². The molecule has 18 heavy (non-hydrogen) atoms. The minimum absolute atomic E-state index is 0.176. The Hall–Kier alpha value is -1.45. The van der Waals surface area contributed by atoms with Gasteiger partial charge in [0.25, 0.3) is 0 Å². The van der Waals surface area contributed by atoms with Crippen molar-refractivity contribution in [1.82, 2.24) is 4.98 Å². The van der Waals surface area contributed by atoms with Crippen molar-refractivity contribution in [3.63, 3.8) is 0 Å². The maximum Gasteiger partial charge on any atom is 0.0840 e. The van der Waals surface area contributed by atoms with Crippen molar-refractivity contribution >= 4 is 10.9 Å². The molecule has 3 nitrogen and oxygen atoms in total. The molecule has 1 aromatic carbocycles. The molecule has 2 N–H and O–H groups in total. The van der Waals surface area contributed by atoms with Crippen LogP contribution >= 0.6 is 0 Å². The molecular weight excluding hydrogens is 224 g/mol. The number of hydrogen-bond acceptors (Lipinski definition) is 3. The maximum absolute atomic E-state index is 6.32. The first-order valence-corrected chi connectivity index (χ1v) is 6.26. The van der Waals surface area contributed by atoms with E-state index < -0.39 is 0 Å². The molecule has 1 aromatic heterocycles. The van der Waals surface area contributed by atoms with E-state index in [0.29, 0.717) is 0 Å². The van der Waals surface area contributed by atoms with Crippen LogP contribution in [0.4, 0.5) is 0 Å². The molecule has 0 saturated heterocycles. The third-order valence-electron chi connectivity index (χ3n) is 3.80. The predicted molar refractivity (Wildman–Crippen MR) is 74.4 cm³/mol. The summed E-state index contributed by atoms with van der Waals surface area (Å²) in [5.41, 5.74) is 7.97. The van der Waals surface area contributed by atoms with Gasteiger partial charge >= 0.3 is 0 Å². The van der Waals surface area contributed by atoms with Crippen LogP contribution in [-0.2, 0) is 4.74 Å². The van der Waals surface area contributed by atoms with Crippen LogP contribution in [-0.4, -0.2) is 17.7 Å². The molecule has 0 spiro atoms. The Kier molecular flexibility index (Phi) is 3.64. The molecule has 96 valence electrons. The maximum atomic E-state index is 6.32. The van der Waals surface area contributed by atoms with Crippen molar-refractivity contribution in [3.8, 4) is 0 Å². The van der Waals surface area contributed by atoms with Gasteiger partial charge in [0, 0.05) is 18.7 Å². The Balaban J connectivity index is 2.42. The minimum Gasteiger partial charge on any atom is -0.377 e. The van der Waals surface area contributed by atoms with E-state index in [4.69, 9.17) is 10.5 Å². The molecule has 0 aliphatic carbocycles. The van der Waals surface area contributed by atoms with E-state index in [9.17, 15) is 0 Å². The van der Waals surface area contributed by atoms with E-state index in [1.54, 1.807) is 7.11 Å². The van der Waals surface area contributed by atoms with Gasteiger partial charge in [0.2, 0.25) is 0 Å². The Labute approximate surface area is 108 Å². The molecule has 0 aliphatic rings. The molecule has 2 atom stereocenters. The van der Waals surface area contributed by atoms with Gasteiger partial charge in [-0.3, -0.25) is 4.98 Å². The van der Waals surface area contributed by atoms with Crippen LogP contribution in [0.3, 0.4) is 0 Å². The number of fused-ring (bicyclic) bond motifs is 1. The lowest BCUT2D eigenvalue weighted by molar-refractivity contribution is -0.0195. The molecule has 0 amide bonds. The highest BCUT2D eigenvalue weighted by Crippen LogP contribution is 2.30. The Bertz CT molecular complexity index is 535. The van der Waals surface area contributed by atoms with Crippen LogP contribution in [0.25, 0.3) is 10.9 Å². The number of ether oxygens (including phenoxy) is 1. The summed E-state index contributed by atoms with van der Waals surface area (Å²) in [6.45, 7) is 4.12. The van der Waals surface area contributed by atoms with E-state index in [2.05, 4.69) is 24.0 Å². The molecule has 2 aromatic rings. The molecule has 0 fully saturated rings. The van der Waals surface area contributed by atoms with Crippen molar-refractivity contribution in [3.05, 3.63) is 42.1 Å². The van der Waals surface area contributed by atoms with Crippen LogP contribution in [0.1, 0.15) is 31.9 Å². The average Bonchev–Trinajstić information content (AvgIpc) is 2.45. The molecule has 2 rings (SSSR count). The van der Waals surface area contributed by atoms with Gasteiger partial charge in [0.15, 0.2) is 0 Å². The van der Waals surface area contributed by atoms with Crippen LogP contribution in [0.5, 0.6) is 0 Å². The second-order valence-electron chi connectivity index (χ2n) is 4.81. The highest BCUT2D eigenvalue weighted by Gasteiger charge is 2.31. The minimum atomic E-state index is -0.357. The van der Waals surface area contributed by atoms with Crippen LogP contribution in [0.2, 0.25) is 0 Å². The van der Waals surface area contributed by atoms with E-state index in [1.165, 1.54) is 0 Å². The summed E-state index contributed by atoms with van der Waals surface area (Å²) in [6, 6.07) is 9.97. The lowest BCUT2D eigenvalue weighted by Crippen LogP contribution is -2.39. The number of nitrogens with two attached hydrogens (primary N) is 1. The number of benzene rings is 1. The summed E-state index contributed by atoms with van der Waals surface area (Å²) in [5, 5.41) is 1.11. The van der Waals surface area contributed by atoms with E-state index in [0.717, 1.165) is 22.9 Å². The SMILES string of the molecule is CCC(C)(OC)C(N)c1cnc2ccccc2c1. The Morgan fingerprint density at radius 2 is 2.11 bits per heavy atom. The van der Waals surface area contributed by atoms with E-state index in [-0.39, 0.29) is 11.6 Å². The summed E-state index contributed by atoms with van der Waals surface area (Å²) in [7, 11) is 1.71. The standard InChI is InChI=1S/C15H20N2O/c1-4-15(2,18-3)14(16)12-9-11-7-5-6-8-13(11)17-10-12/h5-10,14H,4,16H2,1-3H3. The van der Waals surface area contributed by atoms with Gasteiger partial charge in [0.1, 0.15) is 0 Å². The number of nitrogens with zero attached hydrogens (tertiary/aromatic N) is 1. The first-order valence-electron chi connectivity index (χ1n) is 6.26. The van der Waals surface area contributed by atoms with Crippen LogP contribution in [0.15, 0.2) is 36.5 Å². The number of aromatic nitrogens is 1. The van der Waals surface area contributed by atoms with Crippen molar-refractivity contribution in [2.24, 2.45) is 5.73 Å². The van der Waals surface area contributed by atoms with Crippen molar-refractivity contribution in [2.45, 2.75) is 31.9 Å². The smallest absolute Gasteiger partial charge is 0.0840 e.